The summed E-state index contributed by atoms with van der Waals surface area (Å²) in [6.45, 7) is 0. The Morgan fingerprint density at radius 2 is 0.875 bits per heavy atom. The van der Waals surface area contributed by atoms with Crippen molar-refractivity contribution in [2.24, 2.45) is 0 Å². The van der Waals surface area contributed by atoms with Crippen LogP contribution in [0.25, 0.3) is 5.32 Å². The fraction of sp³-hybridized carbons (Fsp3) is 0.143. The van der Waals surface area contributed by atoms with Gasteiger partial charge in [-0.1, -0.05) is 0 Å². The number of rotatable bonds is 0. The third-order valence-corrected chi connectivity index (χ3v) is 1.21. The van der Waals surface area contributed by atoms with Gasteiger partial charge in [0.2, 0.25) is 0 Å². The van der Waals surface area contributed by atoms with E-state index in [1.807, 2.05) is 60.7 Å². The van der Waals surface area contributed by atoms with Gasteiger partial charge in [0.1, 0.15) is 0 Å². The molecule has 1 nitrogen and oxygen atoms in total. The van der Waals surface area contributed by atoms with Crippen molar-refractivity contribution < 1.29 is 20.4 Å². The minimum Gasteiger partial charge on any atom is -0.668 e. The Hall–Kier alpha value is -0.938. The molecule has 0 bridgehead atoms. The van der Waals surface area contributed by atoms with Crippen LogP contribution in [0.1, 0.15) is 0 Å². The topological polar surface area (TPSA) is 14.1 Å². The van der Waals surface area contributed by atoms with Gasteiger partial charge in [-0.3, -0.25) is 0 Å². The van der Waals surface area contributed by atoms with E-state index < -0.39 is 0 Å². The van der Waals surface area contributed by atoms with Crippen molar-refractivity contribution in [2.75, 3.05) is 14.1 Å². The van der Waals surface area contributed by atoms with Gasteiger partial charge >= 0.3 is 0 Å². The Kier molecular flexibility index (Phi) is 18.0. The standard InChI is InChI=1S/2C6H5.C2H6N.Pd/c2*1-2-4-6-5-3-1;1-3-2;/h2*1-5H;1-2H3;/q3*-1;. The molecule has 0 aromatic heterocycles. The van der Waals surface area contributed by atoms with Crippen LogP contribution in [-0.2, 0) is 20.4 Å². The number of nitrogens with zero attached hydrogens (tertiary/aromatic N) is 1. The molecule has 0 saturated heterocycles. The second-order valence-electron chi connectivity index (χ2n) is 2.60. The van der Waals surface area contributed by atoms with Crippen LogP contribution < -0.4 is 0 Å². The summed E-state index contributed by atoms with van der Waals surface area (Å²) in [5.74, 6) is 0. The summed E-state index contributed by atoms with van der Waals surface area (Å²) in [5, 5.41) is 3.50. The van der Waals surface area contributed by atoms with Crippen molar-refractivity contribution >= 4 is 0 Å². The van der Waals surface area contributed by atoms with Crippen LogP contribution in [0.5, 0.6) is 0 Å². The average molecular weight is 305 g/mol. The Bertz CT molecular complexity index is 199. The maximum absolute atomic E-state index is 3.50. The van der Waals surface area contributed by atoms with Gasteiger partial charge in [-0.25, -0.2) is 0 Å². The molecule has 0 amide bonds. The first-order valence-corrected chi connectivity index (χ1v) is 4.72. The molecule has 2 heteroatoms. The van der Waals surface area contributed by atoms with Gasteiger partial charge in [0.25, 0.3) is 0 Å². The molecule has 0 radical (unpaired) electrons. The second kappa shape index (κ2) is 16.5. The molecule has 0 unspecified atom stereocenters. The number of benzene rings is 2. The molecule has 0 aliphatic heterocycles. The summed E-state index contributed by atoms with van der Waals surface area (Å²) in [4.78, 5) is 0. The zero-order valence-electron chi connectivity index (χ0n) is 9.54. The molecule has 0 fully saturated rings. The van der Waals surface area contributed by atoms with Gasteiger partial charge in [0.05, 0.1) is 0 Å². The molecule has 0 spiro atoms. The summed E-state index contributed by atoms with van der Waals surface area (Å²) in [6, 6.07) is 25.0. The molecular formula is C14H16NPd-3. The molecule has 2 aromatic rings. The molecule has 90 valence electrons. The zero-order chi connectivity index (χ0) is 11.2. The molecule has 16 heavy (non-hydrogen) atoms. The Morgan fingerprint density at radius 1 is 0.625 bits per heavy atom. The molecule has 0 aliphatic carbocycles. The molecule has 2 aromatic carbocycles. The van der Waals surface area contributed by atoms with E-state index in [0.717, 1.165) is 0 Å². The van der Waals surface area contributed by atoms with Crippen LogP contribution in [0.2, 0.25) is 0 Å². The third-order valence-electron chi connectivity index (χ3n) is 1.21. The maximum Gasteiger partial charge on any atom is 0 e. The Labute approximate surface area is 113 Å². The van der Waals surface area contributed by atoms with Crippen molar-refractivity contribution in [3.8, 4) is 0 Å². The molecule has 0 atom stereocenters. The predicted molar refractivity (Wildman–Crippen MR) is 65.8 cm³/mol. The Balaban J connectivity index is 0. The van der Waals surface area contributed by atoms with Gasteiger partial charge < -0.3 is 5.32 Å². The summed E-state index contributed by atoms with van der Waals surface area (Å²) in [6.07, 6.45) is 0. The van der Waals surface area contributed by atoms with Crippen molar-refractivity contribution in [1.82, 2.24) is 0 Å². The molecule has 0 heterocycles. The van der Waals surface area contributed by atoms with Crippen LogP contribution in [0.3, 0.4) is 0 Å². The fourth-order valence-electron chi connectivity index (χ4n) is 0.684. The van der Waals surface area contributed by atoms with Crippen LogP contribution in [0, 0.1) is 12.1 Å². The summed E-state index contributed by atoms with van der Waals surface area (Å²) in [5.41, 5.74) is 0. The molecule has 0 aliphatic rings. The van der Waals surface area contributed by atoms with Gasteiger partial charge in [-0.15, -0.1) is 0 Å². The van der Waals surface area contributed by atoms with Crippen LogP contribution >= 0.6 is 0 Å². The molecule has 0 saturated carbocycles. The van der Waals surface area contributed by atoms with E-state index in [0.29, 0.717) is 0 Å². The van der Waals surface area contributed by atoms with E-state index in [4.69, 9.17) is 0 Å². The second-order valence-corrected chi connectivity index (χ2v) is 2.60. The van der Waals surface area contributed by atoms with E-state index in [1.165, 1.54) is 0 Å². The SMILES string of the molecule is C[N-]C.[Pd].[c-]1ccccc1.[c-]1ccccc1. The van der Waals surface area contributed by atoms with Crippen molar-refractivity contribution in [3.63, 3.8) is 0 Å². The zero-order valence-corrected chi connectivity index (χ0v) is 11.1. The Morgan fingerprint density at radius 3 is 0.938 bits per heavy atom. The monoisotopic (exact) mass is 304 g/mol. The van der Waals surface area contributed by atoms with Gasteiger partial charge in [-0.05, 0) is 0 Å². The summed E-state index contributed by atoms with van der Waals surface area (Å²) in [7, 11) is 3.50. The fourth-order valence-corrected chi connectivity index (χ4v) is 0.684. The van der Waals surface area contributed by atoms with E-state index in [9.17, 15) is 0 Å². The minimum absolute atomic E-state index is 0. The van der Waals surface area contributed by atoms with Crippen LogP contribution in [-0.4, -0.2) is 14.1 Å². The summed E-state index contributed by atoms with van der Waals surface area (Å²) < 4.78 is 0. The largest absolute Gasteiger partial charge is 0.668 e. The average Bonchev–Trinajstić information content (AvgIpc) is 2.35. The third kappa shape index (κ3) is 15.5. The molecule has 2 rings (SSSR count). The molecule has 0 N–H and O–H groups in total. The first-order valence-electron chi connectivity index (χ1n) is 4.72. The van der Waals surface area contributed by atoms with Crippen molar-refractivity contribution in [2.45, 2.75) is 0 Å². The van der Waals surface area contributed by atoms with E-state index in [1.54, 1.807) is 14.1 Å². The van der Waals surface area contributed by atoms with Gasteiger partial charge in [0.15, 0.2) is 0 Å². The van der Waals surface area contributed by atoms with Crippen molar-refractivity contribution in [1.29, 1.82) is 0 Å². The number of hydrogen-bond donors (Lipinski definition) is 0. The van der Waals surface area contributed by atoms with Gasteiger partial charge in [-0.2, -0.15) is 86.9 Å². The molecular weight excluding hydrogens is 289 g/mol. The van der Waals surface area contributed by atoms with E-state index >= 15 is 0 Å². The first-order chi connectivity index (χ1) is 7.41. The maximum atomic E-state index is 3.50. The first kappa shape index (κ1) is 17.5. The van der Waals surface area contributed by atoms with Crippen molar-refractivity contribution in [3.05, 3.63) is 78.1 Å². The van der Waals surface area contributed by atoms with Crippen LogP contribution in [0.15, 0.2) is 60.7 Å². The number of hydrogen-bond acceptors (Lipinski definition) is 0. The van der Waals surface area contributed by atoms with E-state index in [-0.39, 0.29) is 20.4 Å². The van der Waals surface area contributed by atoms with E-state index in [2.05, 4.69) is 17.4 Å². The quantitative estimate of drug-likeness (QED) is 0.522. The smallest absolute Gasteiger partial charge is 0 e. The van der Waals surface area contributed by atoms with Crippen LogP contribution in [0.4, 0.5) is 0 Å². The predicted octanol–water partition coefficient (Wildman–Crippen LogP) is 3.59. The summed E-state index contributed by atoms with van der Waals surface area (Å²) >= 11 is 0. The minimum atomic E-state index is 0. The normalized spacial score (nSPS) is 7.12. The van der Waals surface area contributed by atoms with Gasteiger partial charge in [0, 0.05) is 20.4 Å².